The summed E-state index contributed by atoms with van der Waals surface area (Å²) in [6, 6.07) is 55.3. The second-order valence-corrected chi connectivity index (χ2v) is 11.4. The van der Waals surface area contributed by atoms with Gasteiger partial charge in [-0.05, 0) is 71.1 Å². The van der Waals surface area contributed by atoms with E-state index in [-0.39, 0.29) is 0 Å². The first kappa shape index (κ1) is 26.8. The van der Waals surface area contributed by atoms with Crippen molar-refractivity contribution in [3.63, 3.8) is 0 Å². The van der Waals surface area contributed by atoms with E-state index in [4.69, 9.17) is 9.72 Å². The molecule has 214 valence electrons. The van der Waals surface area contributed by atoms with Crippen LogP contribution in [0.15, 0.2) is 164 Å². The van der Waals surface area contributed by atoms with Gasteiger partial charge in [0, 0.05) is 22.9 Å². The molecule has 0 bridgehead atoms. The van der Waals surface area contributed by atoms with Crippen LogP contribution in [-0.2, 0) is 5.41 Å². The summed E-state index contributed by atoms with van der Waals surface area (Å²) in [5, 5.41) is 0. The van der Waals surface area contributed by atoms with Crippen LogP contribution in [0.25, 0.3) is 33.8 Å². The number of fused-ring (bicyclic) bond motifs is 2. The lowest BCUT2D eigenvalue weighted by Gasteiger charge is -2.41. The second kappa shape index (κ2) is 11.0. The molecule has 0 unspecified atom stereocenters. The number of aromatic nitrogens is 2. The lowest BCUT2D eigenvalue weighted by Crippen LogP contribution is -2.34. The molecule has 2 aromatic heterocycles. The third-order valence-corrected chi connectivity index (χ3v) is 8.83. The van der Waals surface area contributed by atoms with E-state index in [9.17, 15) is 0 Å². The molecule has 0 aliphatic carbocycles. The van der Waals surface area contributed by atoms with Gasteiger partial charge in [0.1, 0.15) is 11.5 Å². The molecule has 3 heteroatoms. The van der Waals surface area contributed by atoms with Crippen LogP contribution in [0.5, 0.6) is 11.5 Å². The fourth-order valence-corrected chi connectivity index (χ4v) is 6.72. The minimum absolute atomic E-state index is 0.547. The lowest BCUT2D eigenvalue weighted by atomic mass is 9.63. The van der Waals surface area contributed by atoms with Gasteiger partial charge in [-0.1, -0.05) is 121 Å². The Kier molecular flexibility index (Phi) is 6.57. The highest BCUT2D eigenvalue weighted by molar-refractivity contribution is 5.78. The van der Waals surface area contributed by atoms with Crippen molar-refractivity contribution in [1.29, 1.82) is 0 Å². The minimum Gasteiger partial charge on any atom is -0.457 e. The third kappa shape index (κ3) is 4.52. The molecule has 0 radical (unpaired) electrons. The molecule has 8 rings (SSSR count). The van der Waals surface area contributed by atoms with Gasteiger partial charge in [0.15, 0.2) is 0 Å². The molecule has 45 heavy (non-hydrogen) atoms. The summed E-state index contributed by atoms with van der Waals surface area (Å²) in [4.78, 5) is 9.70. The monoisotopic (exact) mass is 578 g/mol. The molecule has 0 saturated carbocycles. The first-order chi connectivity index (χ1) is 22.2. The molecule has 0 saturated heterocycles. The van der Waals surface area contributed by atoms with Crippen LogP contribution in [0, 0.1) is 6.92 Å². The van der Waals surface area contributed by atoms with E-state index in [1.165, 1.54) is 16.7 Å². The van der Waals surface area contributed by atoms with Gasteiger partial charge in [-0.15, -0.1) is 0 Å². The number of ether oxygens (including phenoxy) is 1. The Morgan fingerprint density at radius 3 is 1.78 bits per heavy atom. The van der Waals surface area contributed by atoms with E-state index >= 15 is 0 Å². The molecule has 5 aromatic carbocycles. The molecule has 0 spiro atoms. The average Bonchev–Trinajstić information content (AvgIpc) is 3.11. The van der Waals surface area contributed by atoms with Crippen LogP contribution in [-0.4, -0.2) is 9.97 Å². The zero-order valence-electron chi connectivity index (χ0n) is 24.9. The van der Waals surface area contributed by atoms with E-state index in [0.717, 1.165) is 56.4 Å². The van der Waals surface area contributed by atoms with Crippen LogP contribution in [0.2, 0.25) is 0 Å². The molecule has 3 nitrogen and oxygen atoms in total. The Labute approximate surface area is 263 Å². The maximum Gasteiger partial charge on any atom is 0.132 e. The van der Waals surface area contributed by atoms with Crippen molar-refractivity contribution >= 4 is 0 Å². The smallest absolute Gasteiger partial charge is 0.132 e. The van der Waals surface area contributed by atoms with Gasteiger partial charge in [-0.2, -0.15) is 0 Å². The Morgan fingerprint density at radius 1 is 0.489 bits per heavy atom. The number of rotatable bonds is 5. The summed E-state index contributed by atoms with van der Waals surface area (Å²) in [5.41, 5.74) is 11.2. The maximum absolute atomic E-state index is 6.48. The van der Waals surface area contributed by atoms with Crippen molar-refractivity contribution in [2.45, 2.75) is 12.3 Å². The largest absolute Gasteiger partial charge is 0.457 e. The zero-order chi connectivity index (χ0) is 30.2. The second-order valence-electron chi connectivity index (χ2n) is 11.4. The molecule has 0 fully saturated rings. The van der Waals surface area contributed by atoms with E-state index in [0.29, 0.717) is 0 Å². The molecule has 0 atom stereocenters. The molecule has 1 aliphatic rings. The van der Waals surface area contributed by atoms with Crippen molar-refractivity contribution in [3.05, 3.63) is 192 Å². The Morgan fingerprint density at radius 2 is 1.09 bits per heavy atom. The number of nitrogens with zero attached hydrogens (tertiary/aromatic N) is 2. The Hall–Kier alpha value is -5.80. The van der Waals surface area contributed by atoms with Crippen LogP contribution in [0.4, 0.5) is 0 Å². The van der Waals surface area contributed by atoms with Gasteiger partial charge < -0.3 is 4.74 Å². The summed E-state index contributed by atoms with van der Waals surface area (Å²) < 4.78 is 6.48. The fraction of sp³-hybridized carbons (Fsp3) is 0.0476. The predicted molar refractivity (Wildman–Crippen MR) is 181 cm³/mol. The molecule has 1 aliphatic heterocycles. The van der Waals surface area contributed by atoms with Crippen molar-refractivity contribution < 1.29 is 4.74 Å². The van der Waals surface area contributed by atoms with Crippen LogP contribution in [0.1, 0.15) is 27.8 Å². The molecular formula is C42H30N2O. The summed E-state index contributed by atoms with van der Waals surface area (Å²) in [6.07, 6.45) is 1.82. The van der Waals surface area contributed by atoms with Gasteiger partial charge in [0.05, 0.1) is 22.5 Å². The number of hydrogen-bond acceptors (Lipinski definition) is 3. The quantitative estimate of drug-likeness (QED) is 0.204. The van der Waals surface area contributed by atoms with Crippen LogP contribution in [0.3, 0.4) is 0 Å². The van der Waals surface area contributed by atoms with Gasteiger partial charge >= 0.3 is 0 Å². The van der Waals surface area contributed by atoms with E-state index in [1.54, 1.807) is 0 Å². The number of para-hydroxylation sites is 2. The highest BCUT2D eigenvalue weighted by Gasteiger charge is 2.45. The fourth-order valence-electron chi connectivity index (χ4n) is 6.72. The maximum atomic E-state index is 6.48. The van der Waals surface area contributed by atoms with Crippen molar-refractivity contribution in [2.75, 3.05) is 0 Å². The van der Waals surface area contributed by atoms with Gasteiger partial charge in [-0.3, -0.25) is 4.98 Å². The average molecular weight is 579 g/mol. The van der Waals surface area contributed by atoms with Crippen molar-refractivity contribution in [3.8, 4) is 45.3 Å². The third-order valence-electron chi connectivity index (χ3n) is 8.83. The first-order valence-electron chi connectivity index (χ1n) is 15.2. The zero-order valence-corrected chi connectivity index (χ0v) is 24.9. The summed E-state index contributed by atoms with van der Waals surface area (Å²) >= 11 is 0. The van der Waals surface area contributed by atoms with Gasteiger partial charge in [-0.25, -0.2) is 4.98 Å². The first-order valence-corrected chi connectivity index (χ1v) is 15.2. The highest BCUT2D eigenvalue weighted by atomic mass is 16.5. The number of benzene rings is 5. The van der Waals surface area contributed by atoms with Crippen molar-refractivity contribution in [2.24, 2.45) is 0 Å². The minimum atomic E-state index is -0.547. The SMILES string of the molecule is Cc1ccccc1-c1cc(-c2ccc(C3(c4ccccc4)c4ccccc4Oc4ccccc43)cc2)cc(-c2ccccn2)n1. The van der Waals surface area contributed by atoms with Crippen LogP contribution < -0.4 is 4.74 Å². The molecular weight excluding hydrogens is 548 g/mol. The van der Waals surface area contributed by atoms with Gasteiger partial charge in [0.2, 0.25) is 0 Å². The molecule has 7 aromatic rings. The lowest BCUT2D eigenvalue weighted by molar-refractivity contribution is 0.434. The normalized spacial score (nSPS) is 12.9. The van der Waals surface area contributed by atoms with Crippen LogP contribution >= 0.6 is 0 Å². The summed E-state index contributed by atoms with van der Waals surface area (Å²) in [7, 11) is 0. The Bertz CT molecular complexity index is 2090. The highest BCUT2D eigenvalue weighted by Crippen LogP contribution is 2.55. The topological polar surface area (TPSA) is 35.0 Å². The van der Waals surface area contributed by atoms with E-state index in [1.807, 2.05) is 36.5 Å². The standard InChI is InChI=1S/C42H30N2O/c1-29-13-5-6-16-34(29)38-27-31(28-39(44-38)37-19-11-12-26-43-37)30-22-24-33(25-23-30)42(32-14-3-2-4-15-32)35-17-7-9-20-40(35)45-41-21-10-8-18-36(41)42/h2-28H,1H3. The predicted octanol–water partition coefficient (Wildman–Crippen LogP) is 10.3. The Balaban J connectivity index is 1.33. The van der Waals surface area contributed by atoms with Gasteiger partial charge in [0.25, 0.3) is 0 Å². The molecule has 0 amide bonds. The number of aryl methyl sites for hydroxylation is 1. The van der Waals surface area contributed by atoms with Crippen molar-refractivity contribution in [1.82, 2.24) is 9.97 Å². The number of pyridine rings is 2. The summed E-state index contributed by atoms with van der Waals surface area (Å²) in [5.74, 6) is 1.75. The van der Waals surface area contributed by atoms with E-state index < -0.39 is 5.41 Å². The molecule has 3 heterocycles. The number of hydrogen-bond donors (Lipinski definition) is 0. The summed E-state index contributed by atoms with van der Waals surface area (Å²) in [6.45, 7) is 2.13. The van der Waals surface area contributed by atoms with E-state index in [2.05, 4.69) is 139 Å². The molecule has 0 N–H and O–H groups in total.